The summed E-state index contributed by atoms with van der Waals surface area (Å²) in [5.74, 6) is -2.63. The van der Waals surface area contributed by atoms with Gasteiger partial charge in [-0.15, -0.1) is 0 Å². The van der Waals surface area contributed by atoms with Gasteiger partial charge in [-0.25, -0.2) is 13.2 Å². The lowest BCUT2D eigenvalue weighted by Gasteiger charge is -2.18. The topological polar surface area (TPSA) is 55.2 Å². The van der Waals surface area contributed by atoms with Crippen LogP contribution in [0, 0.1) is 31.3 Å². The summed E-state index contributed by atoms with van der Waals surface area (Å²) in [4.78, 5) is 31.3. The molecule has 1 amide bonds. The summed E-state index contributed by atoms with van der Waals surface area (Å²) in [5, 5.41) is -0.0304. The minimum absolute atomic E-state index is 0.0194. The summed E-state index contributed by atoms with van der Waals surface area (Å²) in [5.41, 5.74) is 0.957. The first-order valence-corrected chi connectivity index (χ1v) is 12.7. The van der Waals surface area contributed by atoms with Gasteiger partial charge in [-0.1, -0.05) is 29.8 Å². The van der Waals surface area contributed by atoms with E-state index in [-0.39, 0.29) is 45.2 Å². The number of halogens is 4. The van der Waals surface area contributed by atoms with Crippen LogP contribution in [0.2, 0.25) is 5.02 Å². The molecule has 0 saturated heterocycles. The molecule has 2 aromatic carbocycles. The zero-order valence-electron chi connectivity index (χ0n) is 21.7. The van der Waals surface area contributed by atoms with Crippen molar-refractivity contribution in [1.29, 1.82) is 0 Å². The Labute approximate surface area is 228 Å². The molecule has 9 heteroatoms. The van der Waals surface area contributed by atoms with Gasteiger partial charge in [-0.3, -0.25) is 19.1 Å². The molecule has 0 N–H and O–H groups in total. The fourth-order valence-electron chi connectivity index (χ4n) is 5.05. The highest BCUT2D eigenvalue weighted by atomic mass is 35.5. The molecule has 0 bridgehead atoms. The molecule has 1 fully saturated rings. The van der Waals surface area contributed by atoms with Gasteiger partial charge in [0.2, 0.25) is 0 Å². The molecule has 1 aliphatic rings. The summed E-state index contributed by atoms with van der Waals surface area (Å²) in [6, 6.07) is 12.1. The summed E-state index contributed by atoms with van der Waals surface area (Å²) < 4.78 is 46.0. The lowest BCUT2D eigenvalue weighted by atomic mass is 10.0. The smallest absolute Gasteiger partial charge is 0.274 e. The third-order valence-corrected chi connectivity index (χ3v) is 7.52. The number of carbonyl (C=O) groups excluding carboxylic acids is 1. The van der Waals surface area contributed by atoms with Gasteiger partial charge < -0.3 is 4.90 Å². The molecule has 0 spiro atoms. The lowest BCUT2D eigenvalue weighted by Crippen LogP contribution is -2.25. The Hall–Kier alpha value is -3.91. The zero-order valence-corrected chi connectivity index (χ0v) is 22.5. The second-order valence-corrected chi connectivity index (χ2v) is 10.4. The van der Waals surface area contributed by atoms with Gasteiger partial charge in [-0.05, 0) is 79.1 Å². The number of amides is 1. The predicted molar refractivity (Wildman–Crippen MR) is 144 cm³/mol. The Balaban J connectivity index is 1.59. The molecule has 0 unspecified atom stereocenters. The molecule has 4 aromatic rings. The summed E-state index contributed by atoms with van der Waals surface area (Å²) in [7, 11) is 2.98. The fraction of sp³-hybridized carbons (Fsp3) is 0.233. The second kappa shape index (κ2) is 10.0. The maximum absolute atomic E-state index is 16.1. The quantitative estimate of drug-likeness (QED) is 0.282. The molecule has 39 heavy (non-hydrogen) atoms. The number of hydrogen-bond donors (Lipinski definition) is 0. The monoisotopic (exact) mass is 551 g/mol. The number of nitrogens with zero attached hydrogens (tertiary/aromatic N) is 3. The van der Waals surface area contributed by atoms with Crippen molar-refractivity contribution in [3.63, 3.8) is 0 Å². The van der Waals surface area contributed by atoms with Crippen LogP contribution in [0.25, 0.3) is 16.9 Å². The van der Waals surface area contributed by atoms with E-state index in [1.807, 2.05) is 0 Å². The number of carbonyl (C=O) groups is 1. The molecule has 5 nitrogen and oxygen atoms in total. The highest BCUT2D eigenvalue weighted by Gasteiger charge is 2.41. The first kappa shape index (κ1) is 26.7. The molecular formula is C30H25ClF3N3O2. The summed E-state index contributed by atoms with van der Waals surface area (Å²) in [6.07, 6.45) is 2.11. The minimum atomic E-state index is -0.909. The van der Waals surface area contributed by atoms with Gasteiger partial charge in [0, 0.05) is 31.5 Å². The number of aromatic nitrogens is 2. The van der Waals surface area contributed by atoms with Crippen LogP contribution in [-0.2, 0) is 0 Å². The third-order valence-electron chi connectivity index (χ3n) is 7.14. The molecule has 5 rings (SSSR count). The fourth-order valence-corrected chi connectivity index (χ4v) is 5.33. The average Bonchev–Trinajstić information content (AvgIpc) is 3.69. The average molecular weight is 552 g/mol. The Bertz CT molecular complexity index is 1680. The van der Waals surface area contributed by atoms with Crippen LogP contribution < -0.4 is 5.56 Å². The Morgan fingerprint density at radius 1 is 1.03 bits per heavy atom. The molecular weight excluding hydrogens is 527 g/mol. The lowest BCUT2D eigenvalue weighted by molar-refractivity contribution is 0.0823. The molecule has 200 valence electrons. The van der Waals surface area contributed by atoms with Crippen LogP contribution in [0.3, 0.4) is 0 Å². The molecule has 2 aromatic heterocycles. The van der Waals surface area contributed by atoms with Crippen molar-refractivity contribution in [3.05, 3.63) is 116 Å². The molecule has 1 saturated carbocycles. The van der Waals surface area contributed by atoms with Gasteiger partial charge >= 0.3 is 0 Å². The van der Waals surface area contributed by atoms with Gasteiger partial charge in [0.15, 0.2) is 5.82 Å². The van der Waals surface area contributed by atoms with Crippen LogP contribution in [0.5, 0.6) is 0 Å². The summed E-state index contributed by atoms with van der Waals surface area (Å²) in [6.45, 7) is 3.27. The number of rotatable bonds is 5. The van der Waals surface area contributed by atoms with E-state index in [9.17, 15) is 14.0 Å². The van der Waals surface area contributed by atoms with E-state index in [1.54, 1.807) is 32.0 Å². The molecule has 2 atom stereocenters. The maximum Gasteiger partial charge on any atom is 0.274 e. The maximum atomic E-state index is 16.1. The van der Waals surface area contributed by atoms with Gasteiger partial charge in [0.25, 0.3) is 11.5 Å². The van der Waals surface area contributed by atoms with E-state index in [1.165, 1.54) is 60.1 Å². The van der Waals surface area contributed by atoms with Crippen LogP contribution >= 0.6 is 11.6 Å². The zero-order chi connectivity index (χ0) is 28.2. The van der Waals surface area contributed by atoms with Crippen molar-refractivity contribution in [2.24, 2.45) is 0 Å². The number of pyridine rings is 2. The van der Waals surface area contributed by atoms with Crippen LogP contribution in [0.1, 0.15) is 51.0 Å². The highest BCUT2D eigenvalue weighted by molar-refractivity contribution is 6.31. The molecule has 0 aliphatic heterocycles. The third kappa shape index (κ3) is 4.63. The van der Waals surface area contributed by atoms with Crippen molar-refractivity contribution < 1.29 is 18.0 Å². The van der Waals surface area contributed by atoms with Crippen LogP contribution in [0.15, 0.2) is 59.5 Å². The van der Waals surface area contributed by atoms with E-state index < -0.39 is 23.1 Å². The van der Waals surface area contributed by atoms with E-state index >= 15 is 8.78 Å². The van der Waals surface area contributed by atoms with Crippen molar-refractivity contribution in [2.45, 2.75) is 32.1 Å². The first-order chi connectivity index (χ1) is 18.5. The summed E-state index contributed by atoms with van der Waals surface area (Å²) >= 11 is 6.57. The second-order valence-electron chi connectivity index (χ2n) is 10.0. The number of hydrogen-bond acceptors (Lipinski definition) is 3. The van der Waals surface area contributed by atoms with Crippen molar-refractivity contribution in [1.82, 2.24) is 14.5 Å². The van der Waals surface area contributed by atoms with Crippen molar-refractivity contribution in [2.75, 3.05) is 14.1 Å². The van der Waals surface area contributed by atoms with Gasteiger partial charge in [-0.2, -0.15) is 0 Å². The Morgan fingerprint density at radius 3 is 2.38 bits per heavy atom. The van der Waals surface area contributed by atoms with Gasteiger partial charge in [0.05, 0.1) is 11.3 Å². The Kier molecular flexibility index (Phi) is 6.84. The van der Waals surface area contributed by atoms with E-state index in [0.29, 0.717) is 16.8 Å². The number of aryl methyl sites for hydroxylation is 2. The van der Waals surface area contributed by atoms with Crippen LogP contribution in [-0.4, -0.2) is 34.5 Å². The van der Waals surface area contributed by atoms with E-state index in [4.69, 9.17) is 11.6 Å². The first-order valence-electron chi connectivity index (χ1n) is 12.3. The standard InChI is InChI=1S/C30H25ClF3N3O2/c1-15-14-35-27(19-6-5-7-20(25(19)33)29(38)36(3)4)26(34)28(15)37-16(2)12-23(24(31)30(37)39)22-13-21(22)17-8-10-18(32)11-9-17/h5-12,14,21-22H,13H2,1-4H3/t21-,22+/m1/s1. The van der Waals surface area contributed by atoms with E-state index in [2.05, 4.69) is 4.98 Å². The largest absolute Gasteiger partial charge is 0.345 e. The van der Waals surface area contributed by atoms with Crippen molar-refractivity contribution in [3.8, 4) is 16.9 Å². The molecule has 2 heterocycles. The Morgan fingerprint density at radius 2 is 1.72 bits per heavy atom. The van der Waals surface area contributed by atoms with Crippen molar-refractivity contribution >= 4 is 17.5 Å². The normalized spacial score (nSPS) is 16.3. The SMILES string of the molecule is Cc1cnc(-c2cccc(C(=O)N(C)C)c2F)c(F)c1-n1c(C)cc([C@H]2C[C@@H]2c2ccc(F)cc2)c(Cl)c1=O. The highest BCUT2D eigenvalue weighted by Crippen LogP contribution is 2.55. The molecule has 0 radical (unpaired) electrons. The number of benzene rings is 2. The minimum Gasteiger partial charge on any atom is -0.345 e. The predicted octanol–water partition coefficient (Wildman–Crippen LogP) is 6.56. The van der Waals surface area contributed by atoms with Gasteiger partial charge in [0.1, 0.15) is 22.4 Å². The molecule has 1 aliphatic carbocycles. The van der Waals surface area contributed by atoms with Crippen LogP contribution in [0.4, 0.5) is 13.2 Å². The van der Waals surface area contributed by atoms with E-state index in [0.717, 1.165) is 12.0 Å².